The van der Waals surface area contributed by atoms with Crippen molar-refractivity contribution in [1.29, 1.82) is 0 Å². The summed E-state index contributed by atoms with van der Waals surface area (Å²) in [6.45, 7) is 0. The second-order valence-corrected chi connectivity index (χ2v) is 8.07. The van der Waals surface area contributed by atoms with Crippen LogP contribution in [0.25, 0.3) is 55.3 Å². The van der Waals surface area contributed by atoms with E-state index >= 15 is 0 Å². The first-order valence-electron chi connectivity index (χ1n) is 10.9. The minimum atomic E-state index is -0.00900. The molecule has 0 amide bonds. The Balaban J connectivity index is 0.00000241. The zero-order valence-corrected chi connectivity index (χ0v) is 18.8. The predicted molar refractivity (Wildman–Crippen MR) is 132 cm³/mol. The van der Waals surface area contributed by atoms with E-state index in [-0.39, 0.29) is 24.6 Å². The van der Waals surface area contributed by atoms with Crippen molar-refractivity contribution < 1.29 is 29.0 Å². The number of benzene rings is 4. The van der Waals surface area contributed by atoms with Gasteiger partial charge in [0, 0.05) is 28.8 Å². The monoisotopic (exact) mass is 431 g/mol. The second-order valence-electron chi connectivity index (χ2n) is 8.07. The Morgan fingerprint density at radius 3 is 1.91 bits per heavy atom. The molecule has 34 heavy (non-hydrogen) atoms. The van der Waals surface area contributed by atoms with E-state index in [2.05, 4.69) is 53.5 Å². The Kier molecular flexibility index (Phi) is 5.90. The number of nitrogens with zero attached hydrogens (tertiary/aromatic N) is 1. The number of H-pyrrole nitrogens is 1. The Hall–Kier alpha value is -3.90. The van der Waals surface area contributed by atoms with Crippen LogP contribution in [0.3, 0.4) is 0 Å². The fourth-order valence-corrected chi connectivity index (χ4v) is 4.52. The number of hydrogen-bond donors (Lipinski definition) is 0. The summed E-state index contributed by atoms with van der Waals surface area (Å²) in [7, 11) is 0. The summed E-state index contributed by atoms with van der Waals surface area (Å²) in [4.78, 5) is 8.33. The van der Waals surface area contributed by atoms with Crippen LogP contribution in [-0.4, -0.2) is 4.98 Å². The van der Waals surface area contributed by atoms with E-state index in [1.165, 1.54) is 0 Å². The molecule has 0 radical (unpaired) electrons. The third-order valence-corrected chi connectivity index (χ3v) is 6.10. The molecule has 0 saturated carbocycles. The predicted octanol–water partition coefficient (Wildman–Crippen LogP) is 3.28. The molecule has 0 spiro atoms. The molecule has 0 bridgehead atoms. The van der Waals surface area contributed by atoms with Crippen molar-refractivity contribution in [3.05, 3.63) is 115 Å². The molecule has 0 aliphatic carbocycles. The molecule has 4 aromatic carbocycles. The van der Waals surface area contributed by atoms with Gasteiger partial charge in [0.05, 0.1) is 5.39 Å². The smallest absolute Gasteiger partial charge is 0.872 e. The quantitative estimate of drug-likeness (QED) is 0.319. The molecular formula is C30H20LiN2O+. The first-order valence-corrected chi connectivity index (χ1v) is 10.9. The van der Waals surface area contributed by atoms with Crippen LogP contribution >= 0.6 is 0 Å². The fraction of sp³-hybridized carbons (Fsp3) is 0. The Morgan fingerprint density at radius 1 is 0.588 bits per heavy atom. The Bertz CT molecular complexity index is 1620. The van der Waals surface area contributed by atoms with Crippen LogP contribution in [0.1, 0.15) is 0 Å². The van der Waals surface area contributed by atoms with Crippen molar-refractivity contribution in [3.8, 4) is 39.3 Å². The molecule has 3 nitrogen and oxygen atoms in total. The van der Waals surface area contributed by atoms with Crippen LogP contribution in [0.15, 0.2) is 115 Å². The van der Waals surface area contributed by atoms with E-state index in [4.69, 9.17) is 4.98 Å². The van der Waals surface area contributed by atoms with Gasteiger partial charge in [-0.3, -0.25) is 0 Å². The maximum atomic E-state index is 12.7. The summed E-state index contributed by atoms with van der Waals surface area (Å²) >= 11 is 0. The van der Waals surface area contributed by atoms with E-state index in [0.717, 1.165) is 49.8 Å². The van der Waals surface area contributed by atoms with Gasteiger partial charge in [-0.2, -0.15) is 0 Å². The number of aromatic nitrogens is 2. The molecule has 0 atom stereocenters. The van der Waals surface area contributed by atoms with Gasteiger partial charge in [0.1, 0.15) is 5.52 Å². The van der Waals surface area contributed by atoms with Crippen LogP contribution in [0.2, 0.25) is 0 Å². The topological polar surface area (TPSA) is 50.1 Å². The molecule has 4 heteroatoms. The summed E-state index contributed by atoms with van der Waals surface area (Å²) in [5.74, 6) is -0.00900. The van der Waals surface area contributed by atoms with Gasteiger partial charge in [-0.25, -0.2) is 9.97 Å². The number of pyridine rings is 2. The molecular weight excluding hydrogens is 411 g/mol. The summed E-state index contributed by atoms with van der Waals surface area (Å²) in [6.07, 6.45) is 1.86. The largest absolute Gasteiger partial charge is 1.00 e. The van der Waals surface area contributed by atoms with Crippen LogP contribution in [-0.2, 0) is 0 Å². The molecule has 0 aliphatic rings. The number of hydrogen-bond acceptors (Lipinski definition) is 2. The molecule has 156 valence electrons. The van der Waals surface area contributed by atoms with Crippen molar-refractivity contribution in [2.24, 2.45) is 0 Å². The maximum absolute atomic E-state index is 12.7. The van der Waals surface area contributed by atoms with Gasteiger partial charge in [0.15, 0.2) is 0 Å². The first kappa shape index (κ1) is 21.9. The SMILES string of the molecule is [Li+].[O-]c1ccccc1-c1cc(-c2ccccc2)c2ccc3c(-c4ccccc4)ccnc3c2[nH+]1. The maximum Gasteiger partial charge on any atom is 1.00 e. The van der Waals surface area contributed by atoms with Crippen molar-refractivity contribution in [2.45, 2.75) is 0 Å². The number of para-hydroxylation sites is 1. The minimum absolute atomic E-state index is 0. The minimum Gasteiger partial charge on any atom is -0.872 e. The van der Waals surface area contributed by atoms with Crippen molar-refractivity contribution >= 4 is 21.8 Å². The fourth-order valence-electron chi connectivity index (χ4n) is 4.52. The number of nitrogens with one attached hydrogen (secondary N) is 1. The average molecular weight is 431 g/mol. The van der Waals surface area contributed by atoms with Gasteiger partial charge in [0.2, 0.25) is 11.2 Å². The summed E-state index contributed by atoms with van der Waals surface area (Å²) in [5, 5.41) is 14.8. The van der Waals surface area contributed by atoms with E-state index in [0.29, 0.717) is 5.56 Å². The van der Waals surface area contributed by atoms with E-state index in [1.54, 1.807) is 12.1 Å². The number of rotatable bonds is 3. The van der Waals surface area contributed by atoms with Crippen molar-refractivity contribution in [3.63, 3.8) is 0 Å². The van der Waals surface area contributed by atoms with Crippen molar-refractivity contribution in [1.82, 2.24) is 4.98 Å². The zero-order chi connectivity index (χ0) is 22.2. The molecule has 0 unspecified atom stereocenters. The van der Waals surface area contributed by atoms with Crippen LogP contribution in [0.5, 0.6) is 5.75 Å². The van der Waals surface area contributed by atoms with Gasteiger partial charge in [-0.05, 0) is 34.9 Å². The zero-order valence-electron chi connectivity index (χ0n) is 18.8. The van der Waals surface area contributed by atoms with Crippen LogP contribution in [0.4, 0.5) is 0 Å². The van der Waals surface area contributed by atoms with Gasteiger partial charge < -0.3 is 5.11 Å². The molecule has 2 aromatic heterocycles. The first-order chi connectivity index (χ1) is 16.3. The van der Waals surface area contributed by atoms with E-state index in [1.807, 2.05) is 54.7 Å². The Labute approximate surface area is 209 Å². The molecule has 6 rings (SSSR count). The molecule has 0 saturated heterocycles. The molecule has 6 aromatic rings. The van der Waals surface area contributed by atoms with Crippen molar-refractivity contribution in [2.75, 3.05) is 0 Å². The van der Waals surface area contributed by atoms with Gasteiger partial charge in [-0.15, -0.1) is 0 Å². The Morgan fingerprint density at radius 2 is 1.21 bits per heavy atom. The molecule has 0 fully saturated rings. The average Bonchev–Trinajstić information content (AvgIpc) is 2.89. The summed E-state index contributed by atoms with van der Waals surface area (Å²) in [5.41, 5.74) is 7.68. The summed E-state index contributed by atoms with van der Waals surface area (Å²) in [6, 6.07) is 36.2. The second kappa shape index (κ2) is 9.15. The van der Waals surface area contributed by atoms with E-state index < -0.39 is 0 Å². The van der Waals surface area contributed by atoms with Crippen LogP contribution in [0, 0.1) is 0 Å². The molecule has 2 heterocycles. The third-order valence-electron chi connectivity index (χ3n) is 6.10. The van der Waals surface area contributed by atoms with Gasteiger partial charge in [0.25, 0.3) is 0 Å². The van der Waals surface area contributed by atoms with Crippen LogP contribution < -0.4 is 29.0 Å². The number of aromatic amines is 1. The summed E-state index contributed by atoms with van der Waals surface area (Å²) < 4.78 is 0. The number of fused-ring (bicyclic) bond motifs is 3. The third kappa shape index (κ3) is 3.76. The van der Waals surface area contributed by atoms with Gasteiger partial charge >= 0.3 is 18.9 Å². The van der Waals surface area contributed by atoms with E-state index in [9.17, 15) is 5.11 Å². The van der Waals surface area contributed by atoms with Gasteiger partial charge in [-0.1, -0.05) is 90.7 Å². The standard InChI is InChI=1S/C30H20N2O.Li/c33-28-14-8-7-13-25(28)27-19-26(21-11-5-2-6-12-21)24-16-15-23-22(20-9-3-1-4-10-20)17-18-31-29(23)30(24)32-27;/h1-19,33H;/q;+1. The normalized spacial score (nSPS) is 10.8. The molecule has 0 aliphatic heterocycles. The molecule has 1 N–H and O–H groups in total.